The van der Waals surface area contributed by atoms with Gasteiger partial charge in [-0.1, -0.05) is 73.6 Å². The molecular formula is C34H54N6O6. The lowest BCUT2D eigenvalue weighted by Crippen LogP contribution is -2.59. The molecule has 5 atom stereocenters. The van der Waals surface area contributed by atoms with Crippen molar-refractivity contribution in [2.24, 2.45) is 29.4 Å². The highest BCUT2D eigenvalue weighted by molar-refractivity contribution is 5.96. The van der Waals surface area contributed by atoms with Gasteiger partial charge in [-0.3, -0.25) is 19.2 Å². The third-order valence-electron chi connectivity index (χ3n) is 7.70. The molecule has 12 nitrogen and oxygen atoms in total. The molecule has 0 aliphatic rings. The summed E-state index contributed by atoms with van der Waals surface area (Å²) >= 11 is 0. The second-order valence-corrected chi connectivity index (χ2v) is 13.8. The van der Waals surface area contributed by atoms with Gasteiger partial charge in [-0.2, -0.15) is 0 Å². The van der Waals surface area contributed by atoms with Crippen molar-refractivity contribution in [3.05, 3.63) is 36.0 Å². The number of rotatable bonds is 18. The Morgan fingerprint density at radius 2 is 1.17 bits per heavy atom. The molecule has 4 amide bonds. The van der Waals surface area contributed by atoms with E-state index < -0.39 is 65.7 Å². The summed E-state index contributed by atoms with van der Waals surface area (Å²) in [5, 5.41) is 21.5. The molecule has 0 saturated carbocycles. The predicted molar refractivity (Wildman–Crippen MR) is 179 cm³/mol. The molecule has 0 spiro atoms. The largest absolute Gasteiger partial charge is 0.480 e. The maximum atomic E-state index is 13.8. The number of nitrogens with one attached hydrogen (secondary N) is 5. The van der Waals surface area contributed by atoms with Crippen molar-refractivity contribution in [3.8, 4) is 0 Å². The van der Waals surface area contributed by atoms with Crippen LogP contribution >= 0.6 is 0 Å². The monoisotopic (exact) mass is 642 g/mol. The molecule has 12 heteroatoms. The molecule has 0 unspecified atom stereocenters. The van der Waals surface area contributed by atoms with Crippen LogP contribution in [0.5, 0.6) is 0 Å². The summed E-state index contributed by atoms with van der Waals surface area (Å²) in [4.78, 5) is 68.9. The maximum absolute atomic E-state index is 13.8. The highest BCUT2D eigenvalue weighted by Crippen LogP contribution is 2.20. The quantitative estimate of drug-likeness (QED) is 0.130. The molecule has 0 saturated heterocycles. The molecule has 0 bridgehead atoms. The number of aromatic amines is 1. The second kappa shape index (κ2) is 17.7. The van der Waals surface area contributed by atoms with Crippen LogP contribution in [0.2, 0.25) is 0 Å². The van der Waals surface area contributed by atoms with Crippen molar-refractivity contribution < 1.29 is 29.1 Å². The molecule has 1 heterocycles. The lowest BCUT2D eigenvalue weighted by molar-refractivity contribution is -0.143. The first-order valence-corrected chi connectivity index (χ1v) is 16.2. The molecular weight excluding hydrogens is 588 g/mol. The third kappa shape index (κ3) is 11.8. The minimum absolute atomic E-state index is 0.00752. The Kier molecular flexibility index (Phi) is 14.7. The van der Waals surface area contributed by atoms with Crippen LogP contribution in [0.1, 0.15) is 80.2 Å². The van der Waals surface area contributed by atoms with E-state index in [1.165, 1.54) is 0 Å². The van der Waals surface area contributed by atoms with Crippen LogP contribution in [0, 0.1) is 23.7 Å². The van der Waals surface area contributed by atoms with Gasteiger partial charge >= 0.3 is 5.97 Å². The van der Waals surface area contributed by atoms with Crippen LogP contribution < -0.4 is 27.0 Å². The smallest absolute Gasteiger partial charge is 0.326 e. The molecule has 0 fully saturated rings. The molecule has 0 aliphatic heterocycles. The number of H-pyrrole nitrogens is 1. The number of para-hydroxylation sites is 1. The Morgan fingerprint density at radius 3 is 1.67 bits per heavy atom. The first-order valence-electron chi connectivity index (χ1n) is 16.2. The molecule has 46 heavy (non-hydrogen) atoms. The molecule has 2 rings (SSSR count). The molecule has 1 aromatic carbocycles. The number of aromatic nitrogens is 1. The normalized spacial score (nSPS) is 15.0. The molecule has 1 aromatic heterocycles. The Labute approximate surface area is 272 Å². The lowest BCUT2D eigenvalue weighted by atomic mass is 9.98. The van der Waals surface area contributed by atoms with Gasteiger partial charge in [-0.05, 0) is 54.6 Å². The maximum Gasteiger partial charge on any atom is 0.326 e. The van der Waals surface area contributed by atoms with E-state index in [1.54, 1.807) is 20.0 Å². The molecule has 8 N–H and O–H groups in total. The van der Waals surface area contributed by atoms with Gasteiger partial charge in [0.25, 0.3) is 0 Å². The van der Waals surface area contributed by atoms with Crippen LogP contribution in [-0.2, 0) is 30.4 Å². The van der Waals surface area contributed by atoms with Crippen molar-refractivity contribution in [2.45, 2.75) is 111 Å². The zero-order chi connectivity index (χ0) is 34.7. The van der Waals surface area contributed by atoms with E-state index in [0.717, 1.165) is 16.5 Å². The number of fused-ring (bicyclic) bond motifs is 1. The summed E-state index contributed by atoms with van der Waals surface area (Å²) in [6.07, 6.45) is 2.88. The minimum atomic E-state index is -1.18. The van der Waals surface area contributed by atoms with Crippen LogP contribution in [0.25, 0.3) is 10.9 Å². The van der Waals surface area contributed by atoms with Crippen LogP contribution in [0.4, 0.5) is 0 Å². The van der Waals surface area contributed by atoms with E-state index in [-0.39, 0.29) is 30.6 Å². The first-order chi connectivity index (χ1) is 21.5. The fraction of sp³-hybridized carbons (Fsp3) is 0.618. The molecule has 0 aliphatic carbocycles. The van der Waals surface area contributed by atoms with Gasteiger partial charge in [-0.15, -0.1) is 0 Å². The van der Waals surface area contributed by atoms with E-state index >= 15 is 0 Å². The van der Waals surface area contributed by atoms with E-state index in [2.05, 4.69) is 26.3 Å². The Hall–Kier alpha value is -3.93. The number of carboxylic acid groups (broad SMARTS) is 1. The Bertz CT molecular complexity index is 1340. The average molecular weight is 643 g/mol. The van der Waals surface area contributed by atoms with Gasteiger partial charge in [0.2, 0.25) is 23.6 Å². The van der Waals surface area contributed by atoms with Crippen molar-refractivity contribution in [2.75, 3.05) is 0 Å². The number of hydrogen-bond donors (Lipinski definition) is 7. The number of benzene rings is 1. The second-order valence-electron chi connectivity index (χ2n) is 13.8. The number of aliphatic carboxylic acids is 1. The number of amides is 4. The Balaban J connectivity index is 2.35. The number of carbonyl (C=O) groups is 5. The van der Waals surface area contributed by atoms with E-state index in [4.69, 9.17) is 5.73 Å². The standard InChI is InChI=1S/C34H54N6O6/c1-18(2)13-24(35)30(41)37-26(14-19(3)4)31(42)38-27(15-20(5)6)32(43)39-28(33(44)40-29(21(7)8)34(45)46)16-22-17-36-25-12-10-9-11-23(22)25/h9-12,17-21,24,26-29,36H,13-16,35H2,1-8H3,(H,37,41)(H,38,42)(H,39,43)(H,40,44)(H,45,46)/t24-,26-,27-,28-,29-/m0/s1. The fourth-order valence-corrected chi connectivity index (χ4v) is 5.34. The lowest BCUT2D eigenvalue weighted by Gasteiger charge is -2.28. The minimum Gasteiger partial charge on any atom is -0.480 e. The summed E-state index contributed by atoms with van der Waals surface area (Å²) < 4.78 is 0. The summed E-state index contributed by atoms with van der Waals surface area (Å²) in [5.74, 6) is -3.55. The van der Waals surface area contributed by atoms with Gasteiger partial charge in [0.05, 0.1) is 6.04 Å². The number of carboxylic acids is 1. The van der Waals surface area contributed by atoms with Crippen molar-refractivity contribution in [1.82, 2.24) is 26.3 Å². The number of carbonyl (C=O) groups excluding carboxylic acids is 4. The van der Waals surface area contributed by atoms with Gasteiger partial charge < -0.3 is 37.1 Å². The summed E-state index contributed by atoms with van der Waals surface area (Å²) in [7, 11) is 0. The highest BCUT2D eigenvalue weighted by atomic mass is 16.4. The van der Waals surface area contributed by atoms with Gasteiger partial charge in [-0.25, -0.2) is 4.79 Å². The third-order valence-corrected chi connectivity index (χ3v) is 7.70. The first kappa shape index (κ1) is 38.3. The average Bonchev–Trinajstić information content (AvgIpc) is 3.36. The molecule has 0 radical (unpaired) electrons. The van der Waals surface area contributed by atoms with E-state index in [9.17, 15) is 29.1 Å². The number of nitrogens with two attached hydrogens (primary N) is 1. The SMILES string of the molecule is CC(C)C[C@H](NC(=O)[C@H](CC(C)C)NC(=O)[C@@H](N)CC(C)C)C(=O)N[C@@H](Cc1c[nH]c2ccccc12)C(=O)N[C@H](C(=O)O)C(C)C. The van der Waals surface area contributed by atoms with Crippen molar-refractivity contribution in [1.29, 1.82) is 0 Å². The van der Waals surface area contributed by atoms with Crippen LogP contribution in [0.3, 0.4) is 0 Å². The predicted octanol–water partition coefficient (Wildman–Crippen LogP) is 2.86. The summed E-state index contributed by atoms with van der Waals surface area (Å²) in [5.41, 5.74) is 7.68. The van der Waals surface area contributed by atoms with Crippen molar-refractivity contribution >= 4 is 40.5 Å². The molecule has 256 valence electrons. The highest BCUT2D eigenvalue weighted by Gasteiger charge is 2.33. The zero-order valence-corrected chi connectivity index (χ0v) is 28.5. The zero-order valence-electron chi connectivity index (χ0n) is 28.5. The van der Waals surface area contributed by atoms with Gasteiger partial charge in [0.1, 0.15) is 24.2 Å². The number of hydrogen-bond acceptors (Lipinski definition) is 6. The van der Waals surface area contributed by atoms with Gasteiger partial charge in [0.15, 0.2) is 0 Å². The van der Waals surface area contributed by atoms with Crippen LogP contribution in [-0.4, -0.2) is 69.9 Å². The Morgan fingerprint density at radius 1 is 0.696 bits per heavy atom. The van der Waals surface area contributed by atoms with Crippen LogP contribution in [0.15, 0.2) is 30.5 Å². The molecule has 2 aromatic rings. The fourth-order valence-electron chi connectivity index (χ4n) is 5.34. The van der Waals surface area contributed by atoms with E-state index in [1.807, 2.05) is 65.8 Å². The summed E-state index contributed by atoms with van der Waals surface area (Å²) in [6, 6.07) is 2.50. The van der Waals surface area contributed by atoms with Crippen molar-refractivity contribution in [3.63, 3.8) is 0 Å². The topological polar surface area (TPSA) is 196 Å². The van der Waals surface area contributed by atoms with E-state index in [0.29, 0.717) is 12.8 Å². The van der Waals surface area contributed by atoms with Gasteiger partial charge in [0, 0.05) is 23.5 Å². The summed E-state index contributed by atoms with van der Waals surface area (Å²) in [6.45, 7) is 14.9.